The van der Waals surface area contributed by atoms with Crippen LogP contribution in [0.15, 0.2) is 48.3 Å². The Bertz CT molecular complexity index is 675. The maximum atomic E-state index is 11.6. The zero-order valence-corrected chi connectivity index (χ0v) is 12.1. The summed E-state index contributed by atoms with van der Waals surface area (Å²) >= 11 is 0. The average molecular weight is 301 g/mol. The predicted molar refractivity (Wildman–Crippen MR) is 79.8 cm³/mol. The quantitative estimate of drug-likeness (QED) is 0.645. The smallest absolute Gasteiger partial charge is 0.354 e. The molecule has 0 radical (unpaired) electrons. The zero-order valence-electron chi connectivity index (χ0n) is 12.1. The van der Waals surface area contributed by atoms with Crippen LogP contribution in [-0.4, -0.2) is 36.4 Å². The fourth-order valence-electron chi connectivity index (χ4n) is 1.74. The fraction of sp³-hybridized carbons (Fsp3) is 0.133. The van der Waals surface area contributed by atoms with Crippen LogP contribution in [0.25, 0.3) is 11.3 Å². The monoisotopic (exact) mass is 301 g/mol. The molecule has 1 aromatic heterocycles. The van der Waals surface area contributed by atoms with Crippen molar-refractivity contribution in [1.82, 2.24) is 10.2 Å². The van der Waals surface area contributed by atoms with Crippen molar-refractivity contribution >= 4 is 17.6 Å². The molecule has 0 aliphatic carbocycles. The number of esters is 2. The van der Waals surface area contributed by atoms with Crippen LogP contribution in [0.3, 0.4) is 0 Å². The lowest BCUT2D eigenvalue weighted by Gasteiger charge is -2.09. The minimum atomic E-state index is -0.664. The van der Waals surface area contributed by atoms with Gasteiger partial charge in [0, 0.05) is 11.9 Å². The number of nitrogens with one attached hydrogen (secondary N) is 2. The molecule has 0 aliphatic rings. The highest BCUT2D eigenvalue weighted by Gasteiger charge is 2.12. The maximum absolute atomic E-state index is 11.6. The number of benzene rings is 1. The largest absolute Gasteiger partial charge is 0.466 e. The SMILES string of the molecule is COC(=O)/C=C(/Nc1ccc(-c2ccn[nH]2)cc1)C(=O)OC. The lowest BCUT2D eigenvalue weighted by molar-refractivity contribution is -0.138. The molecule has 2 rings (SSSR count). The van der Waals surface area contributed by atoms with Crippen molar-refractivity contribution in [3.05, 3.63) is 48.3 Å². The van der Waals surface area contributed by atoms with Crippen LogP contribution >= 0.6 is 0 Å². The Balaban J connectivity index is 2.18. The van der Waals surface area contributed by atoms with Crippen molar-refractivity contribution in [2.45, 2.75) is 0 Å². The van der Waals surface area contributed by atoms with Crippen molar-refractivity contribution < 1.29 is 19.1 Å². The summed E-state index contributed by atoms with van der Waals surface area (Å²) in [6.07, 6.45) is 2.70. The van der Waals surface area contributed by atoms with Gasteiger partial charge in [0.05, 0.1) is 26.0 Å². The van der Waals surface area contributed by atoms with Gasteiger partial charge in [-0.05, 0) is 23.8 Å². The maximum Gasteiger partial charge on any atom is 0.354 e. The van der Waals surface area contributed by atoms with E-state index in [1.807, 2.05) is 18.2 Å². The van der Waals surface area contributed by atoms with Gasteiger partial charge in [-0.15, -0.1) is 0 Å². The number of hydrogen-bond acceptors (Lipinski definition) is 6. The lowest BCUT2D eigenvalue weighted by atomic mass is 10.1. The second-order valence-corrected chi connectivity index (χ2v) is 4.25. The summed E-state index contributed by atoms with van der Waals surface area (Å²) in [5.74, 6) is -1.31. The molecule has 22 heavy (non-hydrogen) atoms. The van der Waals surface area contributed by atoms with Crippen LogP contribution in [-0.2, 0) is 19.1 Å². The number of methoxy groups -OCH3 is 2. The molecule has 0 unspecified atom stereocenters. The second kappa shape index (κ2) is 7.07. The van der Waals surface area contributed by atoms with Gasteiger partial charge in [0.15, 0.2) is 0 Å². The second-order valence-electron chi connectivity index (χ2n) is 4.25. The van der Waals surface area contributed by atoms with Gasteiger partial charge in [-0.3, -0.25) is 5.10 Å². The lowest BCUT2D eigenvalue weighted by Crippen LogP contribution is -2.15. The van der Waals surface area contributed by atoms with Gasteiger partial charge in [0.2, 0.25) is 0 Å². The summed E-state index contributed by atoms with van der Waals surface area (Å²) in [6.45, 7) is 0. The van der Waals surface area contributed by atoms with Crippen molar-refractivity contribution in [3.8, 4) is 11.3 Å². The molecule has 0 saturated carbocycles. The van der Waals surface area contributed by atoms with Crippen molar-refractivity contribution in [2.75, 3.05) is 19.5 Å². The number of carbonyl (C=O) groups is 2. The van der Waals surface area contributed by atoms with Gasteiger partial charge in [0.1, 0.15) is 5.70 Å². The number of aromatic amines is 1. The molecule has 0 aliphatic heterocycles. The van der Waals surface area contributed by atoms with E-state index in [0.717, 1.165) is 17.3 Å². The number of anilines is 1. The Kier molecular flexibility index (Phi) is 4.92. The minimum absolute atomic E-state index is 0.0105. The summed E-state index contributed by atoms with van der Waals surface area (Å²) < 4.78 is 9.13. The standard InChI is InChI=1S/C15H15N3O4/c1-21-14(19)9-13(15(20)22-2)17-11-5-3-10(4-6-11)12-7-8-16-18-12/h3-9,17H,1-2H3,(H,16,18)/b13-9+. The molecular formula is C15H15N3O4. The number of ether oxygens (including phenoxy) is 2. The first-order valence-corrected chi connectivity index (χ1v) is 6.39. The number of carbonyl (C=O) groups excluding carboxylic acids is 2. The van der Waals surface area contributed by atoms with E-state index in [-0.39, 0.29) is 5.70 Å². The highest BCUT2D eigenvalue weighted by Crippen LogP contribution is 2.20. The predicted octanol–water partition coefficient (Wildman–Crippen LogP) is 1.72. The molecule has 0 atom stereocenters. The van der Waals surface area contributed by atoms with Crippen LogP contribution in [0.1, 0.15) is 0 Å². The number of rotatable bonds is 5. The molecule has 0 saturated heterocycles. The Labute approximate surface area is 126 Å². The Morgan fingerprint density at radius 3 is 2.41 bits per heavy atom. The van der Waals surface area contributed by atoms with Gasteiger partial charge >= 0.3 is 11.9 Å². The van der Waals surface area contributed by atoms with Gasteiger partial charge in [0.25, 0.3) is 0 Å². The molecule has 2 N–H and O–H groups in total. The Hall–Kier alpha value is -3.09. The number of aromatic nitrogens is 2. The van der Waals surface area contributed by atoms with E-state index in [2.05, 4.69) is 25.0 Å². The van der Waals surface area contributed by atoms with Crippen LogP contribution in [0.2, 0.25) is 0 Å². The van der Waals surface area contributed by atoms with E-state index in [1.54, 1.807) is 18.3 Å². The van der Waals surface area contributed by atoms with E-state index < -0.39 is 11.9 Å². The van der Waals surface area contributed by atoms with E-state index in [9.17, 15) is 9.59 Å². The van der Waals surface area contributed by atoms with Gasteiger partial charge in [-0.2, -0.15) is 5.10 Å². The molecule has 114 valence electrons. The first-order valence-electron chi connectivity index (χ1n) is 6.39. The molecule has 1 heterocycles. The first kappa shape index (κ1) is 15.3. The third-order valence-corrected chi connectivity index (χ3v) is 2.84. The van der Waals surface area contributed by atoms with Crippen molar-refractivity contribution in [1.29, 1.82) is 0 Å². The van der Waals surface area contributed by atoms with Crippen molar-refractivity contribution in [2.24, 2.45) is 0 Å². The summed E-state index contributed by atoms with van der Waals surface area (Å²) in [6, 6.07) is 9.08. The minimum Gasteiger partial charge on any atom is -0.466 e. The van der Waals surface area contributed by atoms with Crippen LogP contribution in [0.5, 0.6) is 0 Å². The number of hydrogen-bond donors (Lipinski definition) is 2. The molecule has 0 amide bonds. The highest BCUT2D eigenvalue weighted by molar-refractivity contribution is 5.98. The Morgan fingerprint density at radius 2 is 1.86 bits per heavy atom. The van der Waals surface area contributed by atoms with Crippen LogP contribution in [0, 0.1) is 0 Å². The first-order chi connectivity index (χ1) is 10.6. The summed E-state index contributed by atoms with van der Waals surface area (Å²) in [5.41, 5.74) is 2.44. The molecule has 0 spiro atoms. The van der Waals surface area contributed by atoms with Gasteiger partial charge in [-0.1, -0.05) is 12.1 Å². The fourth-order valence-corrected chi connectivity index (χ4v) is 1.74. The van der Waals surface area contributed by atoms with E-state index in [0.29, 0.717) is 5.69 Å². The van der Waals surface area contributed by atoms with E-state index in [4.69, 9.17) is 0 Å². The molecule has 0 fully saturated rings. The number of nitrogens with zero attached hydrogens (tertiary/aromatic N) is 1. The average Bonchev–Trinajstić information content (AvgIpc) is 3.08. The summed E-state index contributed by atoms with van der Waals surface area (Å²) in [5, 5.41) is 9.57. The number of H-pyrrole nitrogens is 1. The third kappa shape index (κ3) is 3.72. The molecule has 0 bridgehead atoms. The Morgan fingerprint density at radius 1 is 1.14 bits per heavy atom. The molecule has 2 aromatic rings. The van der Waals surface area contributed by atoms with Crippen LogP contribution < -0.4 is 5.32 Å². The molecular weight excluding hydrogens is 286 g/mol. The molecule has 1 aromatic carbocycles. The summed E-state index contributed by atoms with van der Waals surface area (Å²) in [4.78, 5) is 22.9. The third-order valence-electron chi connectivity index (χ3n) is 2.84. The van der Waals surface area contributed by atoms with E-state index in [1.165, 1.54) is 14.2 Å². The highest BCUT2D eigenvalue weighted by atomic mass is 16.5. The van der Waals surface area contributed by atoms with Gasteiger partial charge in [-0.25, -0.2) is 9.59 Å². The molecule has 7 nitrogen and oxygen atoms in total. The zero-order chi connectivity index (χ0) is 15.9. The summed E-state index contributed by atoms with van der Waals surface area (Å²) in [7, 11) is 2.46. The van der Waals surface area contributed by atoms with Crippen molar-refractivity contribution in [3.63, 3.8) is 0 Å². The van der Waals surface area contributed by atoms with Gasteiger partial charge < -0.3 is 14.8 Å². The van der Waals surface area contributed by atoms with Crippen LogP contribution in [0.4, 0.5) is 5.69 Å². The van der Waals surface area contributed by atoms with E-state index >= 15 is 0 Å². The topological polar surface area (TPSA) is 93.3 Å². The molecule has 7 heteroatoms. The normalized spacial score (nSPS) is 10.9.